The quantitative estimate of drug-likeness (QED) is 0.648. The molecule has 28 heavy (non-hydrogen) atoms. The van der Waals surface area contributed by atoms with Crippen LogP contribution >= 0.6 is 11.3 Å². The van der Waals surface area contributed by atoms with Crippen molar-refractivity contribution >= 4 is 17.2 Å². The molecule has 1 atom stereocenters. The molecule has 0 saturated heterocycles. The Balaban J connectivity index is 1.41. The summed E-state index contributed by atoms with van der Waals surface area (Å²) in [7, 11) is 1.77. The van der Waals surface area contributed by atoms with E-state index in [1.54, 1.807) is 11.9 Å². The minimum absolute atomic E-state index is 0.116. The van der Waals surface area contributed by atoms with Crippen LogP contribution in [-0.2, 0) is 6.42 Å². The Morgan fingerprint density at radius 2 is 1.93 bits per heavy atom. The third-order valence-electron chi connectivity index (χ3n) is 4.72. The SMILES string of the molecule is CCc1ccc(-c2nc(C(=O)N(C)CC3COc4ccccc4O3)cs2)cc1. The van der Waals surface area contributed by atoms with Gasteiger partial charge in [-0.2, -0.15) is 0 Å². The topological polar surface area (TPSA) is 51.7 Å². The lowest BCUT2D eigenvalue weighted by molar-refractivity contribution is 0.0518. The van der Waals surface area contributed by atoms with Crippen molar-refractivity contribution in [2.75, 3.05) is 20.2 Å². The van der Waals surface area contributed by atoms with Gasteiger partial charge in [0, 0.05) is 18.0 Å². The Hall–Kier alpha value is -2.86. The van der Waals surface area contributed by atoms with E-state index in [1.165, 1.54) is 16.9 Å². The molecule has 1 aliphatic rings. The molecule has 0 fully saturated rings. The highest BCUT2D eigenvalue weighted by Gasteiger charge is 2.25. The fourth-order valence-electron chi connectivity index (χ4n) is 3.12. The van der Waals surface area contributed by atoms with Crippen molar-refractivity contribution < 1.29 is 14.3 Å². The van der Waals surface area contributed by atoms with Crippen LogP contribution < -0.4 is 9.47 Å². The first-order valence-corrected chi connectivity index (χ1v) is 10.2. The second kappa shape index (κ2) is 8.02. The van der Waals surface area contributed by atoms with E-state index in [1.807, 2.05) is 29.6 Å². The smallest absolute Gasteiger partial charge is 0.273 e. The Labute approximate surface area is 168 Å². The van der Waals surface area contributed by atoms with Crippen molar-refractivity contribution in [1.82, 2.24) is 9.88 Å². The lowest BCUT2D eigenvalue weighted by Gasteiger charge is -2.29. The van der Waals surface area contributed by atoms with E-state index < -0.39 is 0 Å². The van der Waals surface area contributed by atoms with Gasteiger partial charge in [0.05, 0.1) is 6.54 Å². The number of carbonyl (C=O) groups is 1. The number of likely N-dealkylation sites (N-methyl/N-ethyl adjacent to an activating group) is 1. The molecule has 2 aromatic carbocycles. The Kier molecular flexibility index (Phi) is 5.30. The van der Waals surface area contributed by atoms with Crippen molar-refractivity contribution in [2.24, 2.45) is 0 Å². The normalized spacial score (nSPS) is 15.3. The van der Waals surface area contributed by atoms with Crippen LogP contribution in [0.3, 0.4) is 0 Å². The summed E-state index contributed by atoms with van der Waals surface area (Å²) in [5, 5.41) is 2.67. The highest BCUT2D eigenvalue weighted by Crippen LogP contribution is 2.31. The number of fused-ring (bicyclic) bond motifs is 1. The van der Waals surface area contributed by atoms with Crippen molar-refractivity contribution in [1.29, 1.82) is 0 Å². The minimum atomic E-state index is -0.205. The number of aryl methyl sites for hydroxylation is 1. The fourth-order valence-corrected chi connectivity index (χ4v) is 3.92. The van der Waals surface area contributed by atoms with Gasteiger partial charge in [0.25, 0.3) is 5.91 Å². The number of carbonyl (C=O) groups excluding carboxylic acids is 1. The van der Waals surface area contributed by atoms with E-state index in [2.05, 4.69) is 36.2 Å². The summed E-state index contributed by atoms with van der Waals surface area (Å²) in [4.78, 5) is 19.0. The molecular formula is C22H22N2O3S. The van der Waals surface area contributed by atoms with Gasteiger partial charge in [-0.25, -0.2) is 4.98 Å². The molecule has 0 radical (unpaired) electrons. The molecule has 2 heterocycles. The average molecular weight is 394 g/mol. The highest BCUT2D eigenvalue weighted by molar-refractivity contribution is 7.13. The van der Waals surface area contributed by atoms with Crippen LogP contribution in [0.1, 0.15) is 23.0 Å². The number of nitrogens with zero attached hydrogens (tertiary/aromatic N) is 2. The molecule has 0 saturated carbocycles. The van der Waals surface area contributed by atoms with Gasteiger partial charge in [0.2, 0.25) is 0 Å². The zero-order valence-corrected chi connectivity index (χ0v) is 16.7. The Morgan fingerprint density at radius 3 is 2.68 bits per heavy atom. The van der Waals surface area contributed by atoms with Crippen molar-refractivity contribution in [3.8, 4) is 22.1 Å². The molecular weight excluding hydrogens is 372 g/mol. The van der Waals surface area contributed by atoms with E-state index >= 15 is 0 Å². The molecule has 0 spiro atoms. The maximum atomic E-state index is 12.8. The number of hydrogen-bond acceptors (Lipinski definition) is 5. The fraction of sp³-hybridized carbons (Fsp3) is 0.273. The van der Waals surface area contributed by atoms with E-state index in [0.717, 1.165) is 22.7 Å². The summed E-state index contributed by atoms with van der Waals surface area (Å²) >= 11 is 1.48. The first-order chi connectivity index (χ1) is 13.6. The number of rotatable bonds is 5. The standard InChI is InChI=1S/C22H22N2O3S/c1-3-15-8-10-16(11-9-15)21-23-18(14-28-21)22(25)24(2)12-17-13-26-19-6-4-5-7-20(19)27-17/h4-11,14,17H,3,12-13H2,1-2H3. The molecule has 1 amide bonds. The molecule has 144 valence electrons. The molecule has 1 aliphatic heterocycles. The third-order valence-corrected chi connectivity index (χ3v) is 5.62. The molecule has 3 aromatic rings. The minimum Gasteiger partial charge on any atom is -0.486 e. The first-order valence-electron chi connectivity index (χ1n) is 9.33. The molecule has 5 nitrogen and oxygen atoms in total. The van der Waals surface area contributed by atoms with E-state index in [4.69, 9.17) is 9.47 Å². The van der Waals surface area contributed by atoms with Crippen molar-refractivity contribution in [3.05, 3.63) is 65.2 Å². The van der Waals surface area contributed by atoms with Gasteiger partial charge in [-0.3, -0.25) is 4.79 Å². The summed E-state index contributed by atoms with van der Waals surface area (Å²) in [5.74, 6) is 1.34. The van der Waals surface area contributed by atoms with Crippen LogP contribution in [-0.4, -0.2) is 42.1 Å². The van der Waals surface area contributed by atoms with Gasteiger partial charge in [0.1, 0.15) is 17.3 Å². The summed E-state index contributed by atoms with van der Waals surface area (Å²) in [6, 6.07) is 15.9. The number of amides is 1. The number of benzene rings is 2. The van der Waals surface area contributed by atoms with Crippen LogP contribution in [0.4, 0.5) is 0 Å². The zero-order valence-electron chi connectivity index (χ0n) is 15.9. The summed E-state index contributed by atoms with van der Waals surface area (Å²) in [5.41, 5.74) is 2.77. The molecule has 0 N–H and O–H groups in total. The van der Waals surface area contributed by atoms with E-state index in [9.17, 15) is 4.79 Å². The second-order valence-electron chi connectivity index (χ2n) is 6.77. The maximum absolute atomic E-state index is 12.8. The van der Waals surface area contributed by atoms with Crippen LogP contribution in [0, 0.1) is 0 Å². The molecule has 1 aromatic heterocycles. The van der Waals surface area contributed by atoms with Crippen LogP contribution in [0.15, 0.2) is 53.9 Å². The number of aromatic nitrogens is 1. The van der Waals surface area contributed by atoms with Gasteiger partial charge < -0.3 is 14.4 Å². The number of ether oxygens (including phenoxy) is 2. The predicted octanol–water partition coefficient (Wildman–Crippen LogP) is 4.28. The van der Waals surface area contributed by atoms with Crippen molar-refractivity contribution in [2.45, 2.75) is 19.4 Å². The second-order valence-corrected chi connectivity index (χ2v) is 7.63. The van der Waals surface area contributed by atoms with Gasteiger partial charge in [-0.05, 0) is 24.1 Å². The van der Waals surface area contributed by atoms with Crippen molar-refractivity contribution in [3.63, 3.8) is 0 Å². The van der Waals surface area contributed by atoms with Gasteiger partial charge in [-0.1, -0.05) is 43.3 Å². The molecule has 4 rings (SSSR count). The molecule has 1 unspecified atom stereocenters. The van der Waals surface area contributed by atoms with Gasteiger partial charge in [-0.15, -0.1) is 11.3 Å². The maximum Gasteiger partial charge on any atom is 0.273 e. The Bertz CT molecular complexity index is 968. The van der Waals surface area contributed by atoms with Gasteiger partial charge >= 0.3 is 0 Å². The number of thiazole rings is 1. The molecule has 0 bridgehead atoms. The number of hydrogen-bond donors (Lipinski definition) is 0. The lowest BCUT2D eigenvalue weighted by Crippen LogP contribution is -2.41. The van der Waals surface area contributed by atoms with E-state index in [0.29, 0.717) is 24.6 Å². The predicted molar refractivity (Wildman–Crippen MR) is 110 cm³/mol. The van der Waals surface area contributed by atoms with E-state index in [-0.39, 0.29) is 12.0 Å². The molecule has 0 aliphatic carbocycles. The zero-order chi connectivity index (χ0) is 19.5. The summed E-state index contributed by atoms with van der Waals surface area (Å²) in [6.07, 6.45) is 0.799. The monoisotopic (exact) mass is 394 g/mol. The van der Waals surface area contributed by atoms with Crippen LogP contribution in [0.25, 0.3) is 10.6 Å². The average Bonchev–Trinajstić information content (AvgIpc) is 3.23. The largest absolute Gasteiger partial charge is 0.486 e. The highest BCUT2D eigenvalue weighted by atomic mass is 32.1. The lowest BCUT2D eigenvalue weighted by atomic mass is 10.1. The molecule has 6 heteroatoms. The van der Waals surface area contributed by atoms with Crippen LogP contribution in [0.5, 0.6) is 11.5 Å². The number of para-hydroxylation sites is 2. The third kappa shape index (κ3) is 3.87. The summed E-state index contributed by atoms with van der Waals surface area (Å²) < 4.78 is 11.7. The van der Waals surface area contributed by atoms with Gasteiger partial charge in [0.15, 0.2) is 17.6 Å². The first kappa shape index (κ1) is 18.5. The van der Waals surface area contributed by atoms with Crippen LogP contribution in [0.2, 0.25) is 0 Å². The summed E-state index contributed by atoms with van der Waals surface area (Å²) in [6.45, 7) is 2.98. The Morgan fingerprint density at radius 1 is 1.18 bits per heavy atom.